The fourth-order valence-corrected chi connectivity index (χ4v) is 6.22. The third-order valence-corrected chi connectivity index (χ3v) is 8.53. The van der Waals surface area contributed by atoms with Crippen LogP contribution in [0.5, 0.6) is 0 Å². The largest absolute Gasteiger partial charge is 0.287 e. The van der Waals surface area contributed by atoms with Crippen molar-refractivity contribution in [1.82, 2.24) is 0 Å². The lowest BCUT2D eigenvalue weighted by Gasteiger charge is -2.11. The SMILES string of the molecule is O=C1C=CC(/C(=C2\C=CC(C(=C3\C=CC(C(=C4\C=CC(C(=O)c5ccccc5)=N4)/c4ccccc4)=N3)/c3ccccc3)=N2)c2ccccc2)=N1. The van der Waals surface area contributed by atoms with Gasteiger partial charge in [0, 0.05) is 28.4 Å². The van der Waals surface area contributed by atoms with Gasteiger partial charge in [0.25, 0.3) is 5.91 Å². The maximum atomic E-state index is 13.3. The first-order valence-corrected chi connectivity index (χ1v) is 16.2. The lowest BCUT2D eigenvalue weighted by atomic mass is 9.98. The smallest absolute Gasteiger partial charge is 0.270 e. The summed E-state index contributed by atoms with van der Waals surface area (Å²) in [5.41, 5.74) is 10.4. The number of amides is 1. The van der Waals surface area contributed by atoms with Crippen molar-refractivity contribution in [2.75, 3.05) is 0 Å². The molecule has 0 saturated heterocycles. The molecule has 4 aromatic carbocycles. The van der Waals surface area contributed by atoms with Crippen LogP contribution in [0.15, 0.2) is 207 Å². The molecule has 236 valence electrons. The molecule has 4 aliphatic rings. The van der Waals surface area contributed by atoms with E-state index in [9.17, 15) is 9.59 Å². The second-order valence-electron chi connectivity index (χ2n) is 11.7. The van der Waals surface area contributed by atoms with Gasteiger partial charge in [-0.2, -0.15) is 0 Å². The molecule has 50 heavy (non-hydrogen) atoms. The highest BCUT2D eigenvalue weighted by molar-refractivity contribution is 6.51. The van der Waals surface area contributed by atoms with Crippen LogP contribution in [0.2, 0.25) is 0 Å². The Kier molecular flexibility index (Phi) is 8.09. The molecule has 6 heteroatoms. The molecule has 4 heterocycles. The van der Waals surface area contributed by atoms with E-state index >= 15 is 0 Å². The number of carbonyl (C=O) groups excluding carboxylic acids is 2. The molecule has 0 bridgehead atoms. The molecule has 6 nitrogen and oxygen atoms in total. The van der Waals surface area contributed by atoms with Gasteiger partial charge in [-0.15, -0.1) is 0 Å². The number of benzene rings is 4. The molecule has 8 rings (SSSR count). The van der Waals surface area contributed by atoms with Gasteiger partial charge in [-0.1, -0.05) is 121 Å². The van der Waals surface area contributed by atoms with Crippen molar-refractivity contribution in [3.05, 3.63) is 209 Å². The summed E-state index contributed by atoms with van der Waals surface area (Å²) in [5, 5.41) is 0. The van der Waals surface area contributed by atoms with Crippen LogP contribution >= 0.6 is 0 Å². The summed E-state index contributed by atoms with van der Waals surface area (Å²) < 4.78 is 0. The van der Waals surface area contributed by atoms with Crippen molar-refractivity contribution in [3.63, 3.8) is 0 Å². The first kappa shape index (κ1) is 30.4. The van der Waals surface area contributed by atoms with Crippen LogP contribution in [-0.4, -0.2) is 34.5 Å². The highest BCUT2D eigenvalue weighted by atomic mass is 16.1. The third kappa shape index (κ3) is 5.98. The van der Waals surface area contributed by atoms with Crippen LogP contribution in [0.4, 0.5) is 0 Å². The van der Waals surface area contributed by atoms with Gasteiger partial charge >= 0.3 is 0 Å². The Morgan fingerprint density at radius 2 is 0.660 bits per heavy atom. The molecule has 0 unspecified atom stereocenters. The zero-order valence-electron chi connectivity index (χ0n) is 26.8. The number of rotatable bonds is 8. The van der Waals surface area contributed by atoms with E-state index in [1.54, 1.807) is 24.3 Å². The van der Waals surface area contributed by atoms with Crippen molar-refractivity contribution >= 4 is 51.3 Å². The molecular formula is C44H28N4O2. The van der Waals surface area contributed by atoms with Crippen LogP contribution in [-0.2, 0) is 4.79 Å². The van der Waals surface area contributed by atoms with Crippen molar-refractivity contribution in [2.45, 2.75) is 0 Å². The molecule has 0 radical (unpaired) electrons. The minimum Gasteiger partial charge on any atom is -0.287 e. The first-order chi connectivity index (χ1) is 24.6. The van der Waals surface area contributed by atoms with E-state index in [0.29, 0.717) is 28.4 Å². The van der Waals surface area contributed by atoms with Crippen molar-refractivity contribution in [1.29, 1.82) is 0 Å². The van der Waals surface area contributed by atoms with E-state index in [-0.39, 0.29) is 11.7 Å². The van der Waals surface area contributed by atoms with Crippen LogP contribution < -0.4 is 0 Å². The van der Waals surface area contributed by atoms with Gasteiger partial charge in [0.1, 0.15) is 5.71 Å². The monoisotopic (exact) mass is 644 g/mol. The van der Waals surface area contributed by atoms with E-state index in [2.05, 4.69) is 4.99 Å². The molecule has 0 aromatic heterocycles. The van der Waals surface area contributed by atoms with Crippen LogP contribution in [0.25, 0.3) is 16.7 Å². The lowest BCUT2D eigenvalue weighted by molar-refractivity contribution is -0.113. The van der Waals surface area contributed by atoms with Crippen LogP contribution in [0, 0.1) is 0 Å². The molecule has 0 N–H and O–H groups in total. The van der Waals surface area contributed by atoms with Crippen molar-refractivity contribution in [2.24, 2.45) is 20.0 Å². The second kappa shape index (κ2) is 13.3. The Hall–Kier alpha value is -6.92. The zero-order chi connectivity index (χ0) is 33.9. The summed E-state index contributed by atoms with van der Waals surface area (Å²) in [6.07, 6.45) is 14.8. The summed E-state index contributed by atoms with van der Waals surface area (Å²) in [5.74, 6) is -0.417. The minimum absolute atomic E-state index is 0.131. The maximum Gasteiger partial charge on any atom is 0.270 e. The van der Waals surface area contributed by atoms with Gasteiger partial charge in [-0.05, 0) is 59.2 Å². The number of nitrogens with zero attached hydrogens (tertiary/aromatic N) is 4. The highest BCUT2D eigenvalue weighted by Gasteiger charge is 2.25. The van der Waals surface area contributed by atoms with E-state index in [4.69, 9.17) is 15.0 Å². The quantitative estimate of drug-likeness (QED) is 0.180. The Bertz CT molecular complexity index is 2400. The number of hydrogen-bond donors (Lipinski definition) is 0. The number of ketones is 1. The number of aliphatic imine (C=N–C) groups is 4. The Morgan fingerprint density at radius 3 is 1.04 bits per heavy atom. The van der Waals surface area contributed by atoms with Gasteiger partial charge in [0.05, 0.1) is 34.2 Å². The Balaban J connectivity index is 1.26. The molecule has 4 aliphatic heterocycles. The maximum absolute atomic E-state index is 13.3. The number of carbonyl (C=O) groups is 2. The summed E-state index contributed by atoms with van der Waals surface area (Å²) in [4.78, 5) is 44.8. The average molecular weight is 645 g/mol. The molecule has 0 atom stereocenters. The zero-order valence-corrected chi connectivity index (χ0v) is 26.8. The Labute approximate surface area is 289 Å². The highest BCUT2D eigenvalue weighted by Crippen LogP contribution is 2.35. The molecule has 1 amide bonds. The van der Waals surface area contributed by atoms with Gasteiger partial charge in [-0.3, -0.25) is 9.59 Å². The van der Waals surface area contributed by atoms with Gasteiger partial charge < -0.3 is 0 Å². The summed E-state index contributed by atoms with van der Waals surface area (Å²) in [6, 6.07) is 39.1. The fourth-order valence-electron chi connectivity index (χ4n) is 6.22. The number of Topliss-reactive ketones (excluding diaryl/α,β-unsaturated/α-hetero) is 1. The Morgan fingerprint density at radius 1 is 0.340 bits per heavy atom. The van der Waals surface area contributed by atoms with E-state index in [1.807, 2.05) is 140 Å². The summed E-state index contributed by atoms with van der Waals surface area (Å²) in [7, 11) is 0. The van der Waals surface area contributed by atoms with E-state index in [1.165, 1.54) is 6.08 Å². The fraction of sp³-hybridized carbons (Fsp3) is 0. The second-order valence-corrected chi connectivity index (χ2v) is 11.7. The summed E-state index contributed by atoms with van der Waals surface area (Å²) in [6.45, 7) is 0. The number of allylic oxidation sites excluding steroid dienone is 10. The number of hydrogen-bond acceptors (Lipinski definition) is 5. The summed E-state index contributed by atoms with van der Waals surface area (Å²) >= 11 is 0. The molecule has 0 aliphatic carbocycles. The van der Waals surface area contributed by atoms with Gasteiger partial charge in [-0.25, -0.2) is 20.0 Å². The predicted molar refractivity (Wildman–Crippen MR) is 202 cm³/mol. The molecular weight excluding hydrogens is 617 g/mol. The van der Waals surface area contributed by atoms with Gasteiger partial charge in [0.15, 0.2) is 0 Å². The third-order valence-electron chi connectivity index (χ3n) is 8.53. The lowest BCUT2D eigenvalue weighted by Crippen LogP contribution is -2.10. The molecule has 0 spiro atoms. The minimum atomic E-state index is -0.286. The average Bonchev–Trinajstić information content (AvgIpc) is 4.01. The standard InChI is InChI=1S/C44H28N4O2/c49-40-28-27-38(48-40)43(31-17-9-3-10-18-31)36-24-23-34(46-36)41(29-13-5-1-6-14-29)33-21-22-35(45-33)42(30-15-7-2-8-16-30)37-25-26-39(47-37)44(50)32-19-11-4-12-20-32/h1-28H/b41-33+,42-37+,43-36+. The van der Waals surface area contributed by atoms with Crippen molar-refractivity contribution in [3.8, 4) is 0 Å². The molecule has 0 saturated carbocycles. The van der Waals surface area contributed by atoms with E-state index < -0.39 is 0 Å². The van der Waals surface area contributed by atoms with Gasteiger partial charge in [0.2, 0.25) is 5.78 Å². The normalized spacial score (nSPS) is 19.0. The van der Waals surface area contributed by atoms with Crippen molar-refractivity contribution < 1.29 is 9.59 Å². The predicted octanol–water partition coefficient (Wildman–Crippen LogP) is 8.67. The topological polar surface area (TPSA) is 83.6 Å². The first-order valence-electron chi connectivity index (χ1n) is 16.2. The van der Waals surface area contributed by atoms with E-state index in [0.717, 1.165) is 50.5 Å². The molecule has 0 fully saturated rings. The van der Waals surface area contributed by atoms with Crippen LogP contribution in [0.1, 0.15) is 27.0 Å². The van der Waals surface area contributed by atoms with Crippen LogP contribution in [0.3, 0.4) is 0 Å². The molecule has 4 aromatic rings.